The third-order valence-electron chi connectivity index (χ3n) is 3.23. The van der Waals surface area contributed by atoms with E-state index in [1.54, 1.807) is 12.0 Å². The third kappa shape index (κ3) is 7.04. The summed E-state index contributed by atoms with van der Waals surface area (Å²) in [6.07, 6.45) is 1.12. The molecule has 0 aliphatic rings. The molecule has 0 fully saturated rings. The molecule has 0 heterocycles. The number of nitrogens with zero attached hydrogens (tertiary/aromatic N) is 1. The van der Waals surface area contributed by atoms with Gasteiger partial charge >= 0.3 is 0 Å². The first-order chi connectivity index (χ1) is 10.5. The van der Waals surface area contributed by atoms with Crippen molar-refractivity contribution in [2.24, 2.45) is 0 Å². The van der Waals surface area contributed by atoms with Crippen molar-refractivity contribution in [1.82, 2.24) is 10.2 Å². The van der Waals surface area contributed by atoms with Crippen molar-refractivity contribution in [3.63, 3.8) is 0 Å². The van der Waals surface area contributed by atoms with Gasteiger partial charge in [0.1, 0.15) is 0 Å². The number of halogens is 1. The molecule has 0 aliphatic heterocycles. The molecule has 0 aliphatic carbocycles. The molecule has 0 bridgehead atoms. The third-order valence-corrected chi connectivity index (χ3v) is 4.01. The minimum atomic E-state index is -0.0488. The lowest BCUT2D eigenvalue weighted by Crippen LogP contribution is -2.38. The predicted octanol–water partition coefficient (Wildman–Crippen LogP) is 1.99. The summed E-state index contributed by atoms with van der Waals surface area (Å²) in [6, 6.07) is 7.64. The Morgan fingerprint density at radius 1 is 1.27 bits per heavy atom. The second-order valence-corrected chi connectivity index (χ2v) is 5.82. The molecule has 1 N–H and O–H groups in total. The zero-order chi connectivity index (χ0) is 16.4. The predicted molar refractivity (Wildman–Crippen MR) is 89.6 cm³/mol. The summed E-state index contributed by atoms with van der Waals surface area (Å²) in [5.41, 5.74) is 0.948. The SMILES string of the molecule is COCCCN(CCNC(=O)Cc1ccccc1Br)C(C)=O. The van der Waals surface area contributed by atoms with Crippen LogP contribution in [0.4, 0.5) is 0 Å². The van der Waals surface area contributed by atoms with Crippen LogP contribution in [0.5, 0.6) is 0 Å². The number of rotatable bonds is 9. The Labute approximate surface area is 140 Å². The van der Waals surface area contributed by atoms with Crippen molar-refractivity contribution in [3.05, 3.63) is 34.3 Å². The number of carbonyl (C=O) groups is 2. The van der Waals surface area contributed by atoms with Crippen molar-refractivity contribution in [2.45, 2.75) is 19.8 Å². The smallest absolute Gasteiger partial charge is 0.224 e. The van der Waals surface area contributed by atoms with E-state index in [0.717, 1.165) is 16.5 Å². The minimum Gasteiger partial charge on any atom is -0.385 e. The highest BCUT2D eigenvalue weighted by Crippen LogP contribution is 2.16. The highest BCUT2D eigenvalue weighted by Gasteiger charge is 2.10. The van der Waals surface area contributed by atoms with Crippen molar-refractivity contribution < 1.29 is 14.3 Å². The van der Waals surface area contributed by atoms with Crippen LogP contribution in [0.15, 0.2) is 28.7 Å². The van der Waals surface area contributed by atoms with Crippen LogP contribution in [0.25, 0.3) is 0 Å². The van der Waals surface area contributed by atoms with E-state index < -0.39 is 0 Å². The van der Waals surface area contributed by atoms with Crippen LogP contribution < -0.4 is 5.32 Å². The minimum absolute atomic E-state index is 0.0103. The van der Waals surface area contributed by atoms with Crippen LogP contribution >= 0.6 is 15.9 Å². The van der Waals surface area contributed by atoms with E-state index in [-0.39, 0.29) is 11.8 Å². The maximum absolute atomic E-state index is 11.9. The molecule has 0 saturated heterocycles. The van der Waals surface area contributed by atoms with Gasteiger partial charge in [-0.05, 0) is 18.1 Å². The van der Waals surface area contributed by atoms with Crippen LogP contribution in [0.1, 0.15) is 18.9 Å². The van der Waals surface area contributed by atoms with Gasteiger partial charge in [0, 0.05) is 44.7 Å². The lowest BCUT2D eigenvalue weighted by molar-refractivity contribution is -0.129. The van der Waals surface area contributed by atoms with Gasteiger partial charge in [-0.1, -0.05) is 34.1 Å². The Morgan fingerprint density at radius 3 is 2.64 bits per heavy atom. The molecule has 122 valence electrons. The quantitative estimate of drug-likeness (QED) is 0.676. The summed E-state index contributed by atoms with van der Waals surface area (Å²) < 4.78 is 5.91. The molecule has 6 heteroatoms. The average Bonchev–Trinajstić information content (AvgIpc) is 2.48. The Hall–Kier alpha value is -1.40. The van der Waals surface area contributed by atoms with Crippen LogP contribution in [0, 0.1) is 0 Å². The van der Waals surface area contributed by atoms with E-state index in [4.69, 9.17) is 4.74 Å². The molecule has 0 spiro atoms. The molecule has 1 rings (SSSR count). The second kappa shape index (κ2) is 10.3. The molecule has 22 heavy (non-hydrogen) atoms. The van der Waals surface area contributed by atoms with Crippen molar-refractivity contribution in [2.75, 3.05) is 33.4 Å². The normalized spacial score (nSPS) is 10.3. The number of nitrogens with one attached hydrogen (secondary N) is 1. The van der Waals surface area contributed by atoms with Gasteiger partial charge in [0.15, 0.2) is 0 Å². The van der Waals surface area contributed by atoms with Crippen LogP contribution in [-0.2, 0) is 20.7 Å². The molecular weight excluding hydrogens is 348 g/mol. The Bertz CT molecular complexity index is 494. The van der Waals surface area contributed by atoms with Crippen molar-refractivity contribution in [1.29, 1.82) is 0 Å². The standard InChI is InChI=1S/C16H23BrN2O3/c1-13(20)19(9-5-11-22-2)10-8-18-16(21)12-14-6-3-4-7-15(14)17/h3-4,6-7H,5,8-12H2,1-2H3,(H,18,21). The summed E-state index contributed by atoms with van der Waals surface area (Å²) in [4.78, 5) is 25.2. The number of ether oxygens (including phenoxy) is 1. The summed E-state index contributed by atoms with van der Waals surface area (Å²) >= 11 is 3.43. The van der Waals surface area contributed by atoms with Gasteiger partial charge in [-0.25, -0.2) is 0 Å². The van der Waals surface area contributed by atoms with Gasteiger partial charge in [0.05, 0.1) is 6.42 Å². The molecule has 2 amide bonds. The number of methoxy groups -OCH3 is 1. The molecular formula is C16H23BrN2O3. The van der Waals surface area contributed by atoms with E-state index in [2.05, 4.69) is 21.2 Å². The van der Waals surface area contributed by atoms with Gasteiger partial charge in [-0.3, -0.25) is 9.59 Å². The van der Waals surface area contributed by atoms with Crippen LogP contribution in [0.3, 0.4) is 0 Å². The lowest BCUT2D eigenvalue weighted by Gasteiger charge is -2.21. The molecule has 0 unspecified atom stereocenters. The second-order valence-electron chi connectivity index (χ2n) is 4.97. The van der Waals surface area contributed by atoms with Crippen LogP contribution in [-0.4, -0.2) is 50.1 Å². The molecule has 0 aromatic heterocycles. The fourth-order valence-electron chi connectivity index (χ4n) is 2.03. The van der Waals surface area contributed by atoms with E-state index in [9.17, 15) is 9.59 Å². The molecule has 5 nitrogen and oxygen atoms in total. The zero-order valence-corrected chi connectivity index (χ0v) is 14.7. The molecule has 1 aromatic rings. The number of carbonyl (C=O) groups excluding carboxylic acids is 2. The Balaban J connectivity index is 2.33. The maximum atomic E-state index is 11.9. The van der Waals surface area contributed by atoms with E-state index >= 15 is 0 Å². The van der Waals surface area contributed by atoms with Gasteiger partial charge in [-0.15, -0.1) is 0 Å². The highest BCUT2D eigenvalue weighted by atomic mass is 79.9. The van der Waals surface area contributed by atoms with E-state index in [1.807, 2.05) is 24.3 Å². The summed E-state index contributed by atoms with van der Waals surface area (Å²) in [7, 11) is 1.64. The Morgan fingerprint density at radius 2 is 2.00 bits per heavy atom. The van der Waals surface area contributed by atoms with E-state index in [0.29, 0.717) is 32.7 Å². The largest absolute Gasteiger partial charge is 0.385 e. The van der Waals surface area contributed by atoms with Crippen molar-refractivity contribution >= 4 is 27.7 Å². The maximum Gasteiger partial charge on any atom is 0.224 e. The fraction of sp³-hybridized carbons (Fsp3) is 0.500. The number of benzene rings is 1. The molecule has 0 saturated carbocycles. The summed E-state index contributed by atoms with van der Waals surface area (Å²) in [5, 5.41) is 2.85. The monoisotopic (exact) mass is 370 g/mol. The first-order valence-corrected chi connectivity index (χ1v) is 8.08. The average molecular weight is 371 g/mol. The zero-order valence-electron chi connectivity index (χ0n) is 13.1. The molecule has 0 atom stereocenters. The number of hydrogen-bond acceptors (Lipinski definition) is 3. The van der Waals surface area contributed by atoms with E-state index in [1.165, 1.54) is 6.92 Å². The van der Waals surface area contributed by atoms with Gasteiger partial charge in [0.25, 0.3) is 0 Å². The molecule has 1 aromatic carbocycles. The highest BCUT2D eigenvalue weighted by molar-refractivity contribution is 9.10. The topological polar surface area (TPSA) is 58.6 Å². The number of hydrogen-bond donors (Lipinski definition) is 1. The first-order valence-electron chi connectivity index (χ1n) is 7.29. The van der Waals surface area contributed by atoms with Gasteiger partial charge < -0.3 is 15.0 Å². The summed E-state index contributed by atoms with van der Waals surface area (Å²) in [6.45, 7) is 3.77. The van der Waals surface area contributed by atoms with Crippen LogP contribution in [0.2, 0.25) is 0 Å². The lowest BCUT2D eigenvalue weighted by atomic mass is 10.1. The fourth-order valence-corrected chi connectivity index (χ4v) is 2.46. The number of amides is 2. The summed E-state index contributed by atoms with van der Waals surface area (Å²) in [5.74, 6) is -0.0385. The van der Waals surface area contributed by atoms with Crippen molar-refractivity contribution in [3.8, 4) is 0 Å². The Kier molecular flexibility index (Phi) is 8.77. The van der Waals surface area contributed by atoms with Gasteiger partial charge in [0.2, 0.25) is 11.8 Å². The first kappa shape index (κ1) is 18.6. The van der Waals surface area contributed by atoms with Gasteiger partial charge in [-0.2, -0.15) is 0 Å². The molecule has 0 radical (unpaired) electrons.